The van der Waals surface area contributed by atoms with E-state index in [9.17, 15) is 4.79 Å². The molecular formula is C19H21NO3. The molecule has 0 saturated heterocycles. The van der Waals surface area contributed by atoms with E-state index in [1.807, 2.05) is 32.0 Å². The second-order valence-electron chi connectivity index (χ2n) is 5.93. The summed E-state index contributed by atoms with van der Waals surface area (Å²) in [5.74, 6) is 1.37. The molecule has 2 aliphatic rings. The highest BCUT2D eigenvalue weighted by Crippen LogP contribution is 2.31. The molecule has 0 unspecified atom stereocenters. The van der Waals surface area contributed by atoms with Gasteiger partial charge in [0.05, 0.1) is 6.61 Å². The molecule has 4 nitrogen and oxygen atoms in total. The average Bonchev–Trinajstić information content (AvgIpc) is 2.57. The zero-order valence-electron chi connectivity index (χ0n) is 14.0. The number of unbranched alkanes of at least 4 members (excludes halogenated alkanes) is 1. The first kappa shape index (κ1) is 15.5. The third-order valence-corrected chi connectivity index (χ3v) is 4.30. The van der Waals surface area contributed by atoms with Crippen molar-refractivity contribution in [3.8, 4) is 17.2 Å². The number of fused-ring (bicyclic) bond motifs is 2. The minimum absolute atomic E-state index is 0.0272. The Hall–Kier alpha value is -2.36. The lowest BCUT2D eigenvalue weighted by atomic mass is 9.99. The van der Waals surface area contributed by atoms with Crippen LogP contribution in [0.3, 0.4) is 0 Å². The van der Waals surface area contributed by atoms with Crippen LogP contribution < -0.4 is 10.2 Å². The Morgan fingerprint density at radius 3 is 2.65 bits per heavy atom. The van der Waals surface area contributed by atoms with E-state index in [0.29, 0.717) is 23.5 Å². The molecule has 1 aliphatic heterocycles. The van der Waals surface area contributed by atoms with Gasteiger partial charge >= 0.3 is 0 Å². The van der Waals surface area contributed by atoms with E-state index in [1.54, 1.807) is 6.92 Å². The summed E-state index contributed by atoms with van der Waals surface area (Å²) in [6, 6.07) is 5.62. The normalized spacial score (nSPS) is 11.3. The van der Waals surface area contributed by atoms with Crippen molar-refractivity contribution in [1.29, 1.82) is 0 Å². The SMILES string of the molecule is CCCCOc1ccc2oc3c(C)c(=O)c(C)c(C)c-3nc2c1. The molecular weight excluding hydrogens is 290 g/mol. The van der Waals surface area contributed by atoms with Crippen LogP contribution in [0.1, 0.15) is 36.5 Å². The molecule has 0 amide bonds. The van der Waals surface area contributed by atoms with E-state index in [4.69, 9.17) is 14.1 Å². The molecule has 1 aromatic rings. The van der Waals surface area contributed by atoms with Gasteiger partial charge in [0.15, 0.2) is 16.8 Å². The van der Waals surface area contributed by atoms with Crippen molar-refractivity contribution in [2.45, 2.75) is 40.5 Å². The molecule has 0 N–H and O–H groups in total. The predicted molar refractivity (Wildman–Crippen MR) is 91.5 cm³/mol. The maximum absolute atomic E-state index is 12.2. The smallest absolute Gasteiger partial charge is 0.188 e. The highest BCUT2D eigenvalue weighted by Gasteiger charge is 2.20. The molecule has 0 atom stereocenters. The van der Waals surface area contributed by atoms with Crippen LogP contribution in [0.4, 0.5) is 0 Å². The van der Waals surface area contributed by atoms with Crippen molar-refractivity contribution in [3.63, 3.8) is 0 Å². The molecule has 0 fully saturated rings. The Morgan fingerprint density at radius 1 is 1.13 bits per heavy atom. The van der Waals surface area contributed by atoms with Gasteiger partial charge in [-0.1, -0.05) is 13.3 Å². The van der Waals surface area contributed by atoms with Crippen molar-refractivity contribution >= 4 is 11.1 Å². The van der Waals surface area contributed by atoms with Crippen LogP contribution in [0.2, 0.25) is 0 Å². The summed E-state index contributed by atoms with van der Waals surface area (Å²) in [5, 5.41) is 0. The molecule has 0 radical (unpaired) electrons. The minimum Gasteiger partial charge on any atom is -0.494 e. The van der Waals surface area contributed by atoms with Gasteiger partial charge in [0, 0.05) is 17.2 Å². The monoisotopic (exact) mass is 311 g/mol. The van der Waals surface area contributed by atoms with Crippen molar-refractivity contribution in [2.24, 2.45) is 0 Å². The van der Waals surface area contributed by atoms with Crippen molar-refractivity contribution in [1.82, 2.24) is 4.98 Å². The van der Waals surface area contributed by atoms with Crippen LogP contribution in [0.5, 0.6) is 5.75 Å². The first-order valence-electron chi connectivity index (χ1n) is 8.00. The Morgan fingerprint density at radius 2 is 1.91 bits per heavy atom. The molecule has 0 bridgehead atoms. The van der Waals surface area contributed by atoms with Crippen LogP contribution in [-0.4, -0.2) is 11.6 Å². The Balaban J connectivity index is 2.17. The predicted octanol–water partition coefficient (Wildman–Crippen LogP) is 4.40. The average molecular weight is 311 g/mol. The van der Waals surface area contributed by atoms with Crippen molar-refractivity contribution < 1.29 is 9.15 Å². The number of aromatic nitrogens is 1. The molecule has 0 saturated carbocycles. The van der Waals surface area contributed by atoms with Gasteiger partial charge in [0.25, 0.3) is 0 Å². The van der Waals surface area contributed by atoms with E-state index in [2.05, 4.69) is 6.92 Å². The summed E-state index contributed by atoms with van der Waals surface area (Å²) in [6.45, 7) is 8.36. The van der Waals surface area contributed by atoms with Crippen LogP contribution in [0.15, 0.2) is 27.4 Å². The minimum atomic E-state index is 0.0272. The van der Waals surface area contributed by atoms with Crippen molar-refractivity contribution in [2.75, 3.05) is 6.61 Å². The molecule has 0 aromatic heterocycles. The summed E-state index contributed by atoms with van der Waals surface area (Å²) in [4.78, 5) is 16.9. The number of hydrogen-bond acceptors (Lipinski definition) is 4. The third-order valence-electron chi connectivity index (χ3n) is 4.30. The lowest BCUT2D eigenvalue weighted by molar-refractivity contribution is 0.309. The molecule has 120 valence electrons. The number of benzene rings is 2. The van der Waals surface area contributed by atoms with Gasteiger partial charge in [0.2, 0.25) is 0 Å². The van der Waals surface area contributed by atoms with Crippen molar-refractivity contribution in [3.05, 3.63) is 45.1 Å². The Labute approximate surface area is 135 Å². The topological polar surface area (TPSA) is 52.3 Å². The summed E-state index contributed by atoms with van der Waals surface area (Å²) in [5.41, 5.74) is 4.39. The van der Waals surface area contributed by atoms with Crippen LogP contribution >= 0.6 is 0 Å². The Kier molecular flexibility index (Phi) is 4.07. The van der Waals surface area contributed by atoms with Gasteiger partial charge in [-0.15, -0.1) is 0 Å². The standard InChI is InChI=1S/C19H21NO3/c1-5-6-9-22-14-7-8-16-15(10-14)20-17-11(2)12(3)18(21)13(4)19(17)23-16/h7-8,10H,5-6,9H2,1-4H3. The quantitative estimate of drug-likeness (QED) is 0.529. The van der Waals surface area contributed by atoms with E-state index in [-0.39, 0.29) is 5.43 Å². The first-order chi connectivity index (χ1) is 11.0. The molecule has 1 heterocycles. The zero-order chi connectivity index (χ0) is 16.6. The van der Waals surface area contributed by atoms with Gasteiger partial charge in [-0.25, -0.2) is 4.98 Å². The second kappa shape index (κ2) is 6.03. The Bertz CT molecular complexity index is 895. The molecule has 3 rings (SSSR count). The number of rotatable bonds is 4. The fraction of sp³-hybridized carbons (Fsp3) is 0.368. The maximum Gasteiger partial charge on any atom is 0.188 e. The second-order valence-corrected chi connectivity index (χ2v) is 5.93. The largest absolute Gasteiger partial charge is 0.494 e. The first-order valence-corrected chi connectivity index (χ1v) is 8.00. The lowest BCUT2D eigenvalue weighted by Gasteiger charge is -2.14. The summed E-state index contributed by atoms with van der Waals surface area (Å²) in [6.07, 6.45) is 2.12. The maximum atomic E-state index is 12.2. The fourth-order valence-electron chi connectivity index (χ4n) is 2.67. The summed E-state index contributed by atoms with van der Waals surface area (Å²) < 4.78 is 11.7. The lowest BCUT2D eigenvalue weighted by Crippen LogP contribution is -2.14. The molecule has 23 heavy (non-hydrogen) atoms. The number of nitrogens with zero attached hydrogens (tertiary/aromatic N) is 1. The number of ether oxygens (including phenoxy) is 1. The van der Waals surface area contributed by atoms with E-state index < -0.39 is 0 Å². The van der Waals surface area contributed by atoms with Crippen LogP contribution in [-0.2, 0) is 0 Å². The van der Waals surface area contributed by atoms with Gasteiger partial charge in [-0.2, -0.15) is 0 Å². The summed E-state index contributed by atoms with van der Waals surface area (Å²) >= 11 is 0. The highest BCUT2D eigenvalue weighted by molar-refractivity contribution is 5.79. The zero-order valence-corrected chi connectivity index (χ0v) is 14.0. The van der Waals surface area contributed by atoms with E-state index >= 15 is 0 Å². The van der Waals surface area contributed by atoms with Crippen LogP contribution in [0, 0.1) is 20.8 Å². The highest BCUT2D eigenvalue weighted by atomic mass is 16.5. The van der Waals surface area contributed by atoms with Gasteiger partial charge in [-0.05, 0) is 44.9 Å². The molecule has 1 aromatic carbocycles. The van der Waals surface area contributed by atoms with Gasteiger partial charge in [-0.3, -0.25) is 4.79 Å². The number of hydrogen-bond donors (Lipinski definition) is 0. The third kappa shape index (κ3) is 2.69. The van der Waals surface area contributed by atoms with E-state index in [0.717, 1.165) is 40.9 Å². The fourth-order valence-corrected chi connectivity index (χ4v) is 2.67. The van der Waals surface area contributed by atoms with Crippen LogP contribution in [0.25, 0.3) is 22.6 Å². The van der Waals surface area contributed by atoms with Gasteiger partial charge < -0.3 is 9.15 Å². The van der Waals surface area contributed by atoms with E-state index in [1.165, 1.54) is 0 Å². The molecule has 0 spiro atoms. The van der Waals surface area contributed by atoms with Gasteiger partial charge in [0.1, 0.15) is 17.0 Å². The molecule has 4 heteroatoms. The molecule has 1 aliphatic carbocycles. The summed E-state index contributed by atoms with van der Waals surface area (Å²) in [7, 11) is 0.